The number of fused-ring (bicyclic) bond motifs is 2. The monoisotopic (exact) mass is 300 g/mol. The molecule has 1 aromatic carbocycles. The van der Waals surface area contributed by atoms with Crippen molar-refractivity contribution < 1.29 is 9.53 Å². The standard InChI is InChI=1S/C13H8N4O3S/c1-20-12(19)10-9-11(18)17-8-6(5-15-17)3-2-4-7(8)16(9)13(14)21-10/h2-5,14H,1H3. The second-order valence-corrected chi connectivity index (χ2v) is 5.49. The number of carbonyl (C=O) groups excluding carboxylic acids is 1. The molecule has 8 heteroatoms. The van der Waals surface area contributed by atoms with Crippen LogP contribution in [0.2, 0.25) is 0 Å². The molecule has 0 spiro atoms. The molecule has 7 nitrogen and oxygen atoms in total. The maximum absolute atomic E-state index is 12.6. The van der Waals surface area contributed by atoms with Crippen LogP contribution in [-0.4, -0.2) is 27.1 Å². The van der Waals surface area contributed by atoms with Crippen molar-refractivity contribution >= 4 is 39.2 Å². The summed E-state index contributed by atoms with van der Waals surface area (Å²) in [5, 5.41) is 13.0. The fourth-order valence-electron chi connectivity index (χ4n) is 2.54. The number of thiazole rings is 1. The van der Waals surface area contributed by atoms with E-state index in [9.17, 15) is 9.59 Å². The van der Waals surface area contributed by atoms with Crippen LogP contribution in [0.15, 0.2) is 29.2 Å². The third-order valence-corrected chi connectivity index (χ3v) is 4.36. The molecular formula is C13H8N4O3S. The van der Waals surface area contributed by atoms with Crippen molar-refractivity contribution in [1.82, 2.24) is 14.0 Å². The van der Waals surface area contributed by atoms with Gasteiger partial charge in [-0.1, -0.05) is 23.5 Å². The fraction of sp³-hybridized carbons (Fsp3) is 0.0769. The lowest BCUT2D eigenvalue weighted by atomic mass is 10.2. The van der Waals surface area contributed by atoms with Gasteiger partial charge in [0.25, 0.3) is 5.56 Å². The molecule has 0 saturated carbocycles. The Kier molecular flexibility index (Phi) is 2.23. The predicted molar refractivity (Wildman–Crippen MR) is 76.2 cm³/mol. The first kappa shape index (κ1) is 12.0. The van der Waals surface area contributed by atoms with Crippen molar-refractivity contribution in [2.75, 3.05) is 7.11 Å². The van der Waals surface area contributed by atoms with Crippen LogP contribution in [-0.2, 0) is 4.74 Å². The first-order chi connectivity index (χ1) is 10.1. The molecule has 0 bridgehead atoms. The number of aromatic nitrogens is 3. The van der Waals surface area contributed by atoms with Gasteiger partial charge in [0.2, 0.25) is 0 Å². The van der Waals surface area contributed by atoms with Crippen LogP contribution in [0, 0.1) is 5.41 Å². The lowest BCUT2D eigenvalue weighted by Gasteiger charge is -2.03. The van der Waals surface area contributed by atoms with Gasteiger partial charge in [-0.15, -0.1) is 0 Å². The van der Waals surface area contributed by atoms with Crippen molar-refractivity contribution in [2.24, 2.45) is 0 Å². The van der Waals surface area contributed by atoms with Crippen molar-refractivity contribution in [1.29, 1.82) is 5.41 Å². The Labute approximate surface area is 120 Å². The zero-order valence-electron chi connectivity index (χ0n) is 10.8. The molecular weight excluding hydrogens is 292 g/mol. The predicted octanol–water partition coefficient (Wildman–Crippen LogP) is 0.866. The van der Waals surface area contributed by atoms with Gasteiger partial charge in [0.05, 0.1) is 18.8 Å². The van der Waals surface area contributed by atoms with Crippen LogP contribution in [0.1, 0.15) is 9.67 Å². The molecule has 0 radical (unpaired) electrons. The SMILES string of the molecule is COC(=O)c1sc(=N)n2c1c(=O)n1ncc3cccc2c31. The molecule has 0 fully saturated rings. The highest BCUT2D eigenvalue weighted by atomic mass is 32.1. The number of nitrogens with zero attached hydrogens (tertiary/aromatic N) is 3. The summed E-state index contributed by atoms with van der Waals surface area (Å²) in [7, 11) is 1.25. The van der Waals surface area contributed by atoms with E-state index in [1.165, 1.54) is 16.0 Å². The Morgan fingerprint density at radius 2 is 2.19 bits per heavy atom. The second kappa shape index (κ2) is 3.89. The van der Waals surface area contributed by atoms with Crippen molar-refractivity contribution in [3.63, 3.8) is 0 Å². The van der Waals surface area contributed by atoms with Gasteiger partial charge in [-0.25, -0.2) is 4.79 Å². The van der Waals surface area contributed by atoms with E-state index in [-0.39, 0.29) is 15.2 Å². The lowest BCUT2D eigenvalue weighted by Crippen LogP contribution is -2.21. The van der Waals surface area contributed by atoms with E-state index in [0.29, 0.717) is 11.0 Å². The zero-order chi connectivity index (χ0) is 14.7. The molecule has 104 valence electrons. The van der Waals surface area contributed by atoms with E-state index >= 15 is 0 Å². The van der Waals surface area contributed by atoms with Crippen LogP contribution in [0.3, 0.4) is 0 Å². The summed E-state index contributed by atoms with van der Waals surface area (Å²) in [6.45, 7) is 0. The highest BCUT2D eigenvalue weighted by Crippen LogP contribution is 2.22. The van der Waals surface area contributed by atoms with E-state index in [1.807, 2.05) is 12.1 Å². The van der Waals surface area contributed by atoms with Crippen LogP contribution >= 0.6 is 11.3 Å². The molecule has 4 aromatic rings. The average molecular weight is 300 g/mol. The summed E-state index contributed by atoms with van der Waals surface area (Å²) >= 11 is 0.918. The Bertz CT molecular complexity index is 1140. The van der Waals surface area contributed by atoms with E-state index < -0.39 is 11.5 Å². The molecule has 0 amide bonds. The average Bonchev–Trinajstić information content (AvgIpc) is 3.07. The Hall–Kier alpha value is -2.74. The third-order valence-electron chi connectivity index (χ3n) is 3.42. The maximum Gasteiger partial charge on any atom is 0.350 e. The number of esters is 1. The molecule has 21 heavy (non-hydrogen) atoms. The van der Waals surface area contributed by atoms with Crippen LogP contribution < -0.4 is 10.4 Å². The number of hydrogen-bond donors (Lipinski definition) is 1. The number of rotatable bonds is 1. The van der Waals surface area contributed by atoms with Gasteiger partial charge < -0.3 is 4.74 Å². The summed E-state index contributed by atoms with van der Waals surface area (Å²) in [6.07, 6.45) is 1.59. The van der Waals surface area contributed by atoms with E-state index in [2.05, 4.69) is 5.10 Å². The minimum atomic E-state index is -0.626. The molecule has 0 saturated heterocycles. The van der Waals surface area contributed by atoms with Crippen molar-refractivity contribution in [3.8, 4) is 0 Å². The summed E-state index contributed by atoms with van der Waals surface area (Å²) in [5.74, 6) is -0.626. The molecule has 0 aliphatic rings. The lowest BCUT2D eigenvalue weighted by molar-refractivity contribution is 0.0608. The summed E-state index contributed by atoms with van der Waals surface area (Å²) < 4.78 is 7.44. The molecule has 0 atom stereocenters. The van der Waals surface area contributed by atoms with E-state index in [1.54, 1.807) is 12.3 Å². The summed E-state index contributed by atoms with van der Waals surface area (Å²) in [5.41, 5.74) is 0.998. The number of methoxy groups -OCH3 is 1. The number of benzene rings is 1. The Balaban J connectivity index is 2.40. The van der Waals surface area contributed by atoms with E-state index in [0.717, 1.165) is 16.7 Å². The first-order valence-electron chi connectivity index (χ1n) is 6.04. The second-order valence-electron chi connectivity index (χ2n) is 4.49. The molecule has 4 rings (SSSR count). The number of hydrogen-bond acceptors (Lipinski definition) is 6. The Morgan fingerprint density at radius 3 is 2.95 bits per heavy atom. The molecule has 0 unspecified atom stereocenters. The largest absolute Gasteiger partial charge is 0.465 e. The van der Waals surface area contributed by atoms with E-state index in [4.69, 9.17) is 10.1 Å². The summed E-state index contributed by atoms with van der Waals surface area (Å²) in [6, 6.07) is 5.46. The number of nitrogens with one attached hydrogen (secondary N) is 1. The molecule has 0 aliphatic heterocycles. The highest BCUT2D eigenvalue weighted by molar-refractivity contribution is 7.12. The number of carbonyl (C=O) groups is 1. The van der Waals surface area contributed by atoms with Gasteiger partial charge in [-0.3, -0.25) is 14.6 Å². The van der Waals surface area contributed by atoms with Crippen molar-refractivity contribution in [3.05, 3.63) is 44.4 Å². The quantitative estimate of drug-likeness (QED) is 0.528. The first-order valence-corrected chi connectivity index (χ1v) is 6.85. The minimum Gasteiger partial charge on any atom is -0.465 e. The van der Waals surface area contributed by atoms with Gasteiger partial charge in [-0.05, 0) is 6.07 Å². The van der Waals surface area contributed by atoms with Gasteiger partial charge >= 0.3 is 5.97 Å². The van der Waals surface area contributed by atoms with Gasteiger partial charge in [0, 0.05) is 5.39 Å². The zero-order valence-corrected chi connectivity index (χ0v) is 11.6. The van der Waals surface area contributed by atoms with Crippen LogP contribution in [0.5, 0.6) is 0 Å². The summed E-state index contributed by atoms with van der Waals surface area (Å²) in [4.78, 5) is 24.7. The Morgan fingerprint density at radius 1 is 1.38 bits per heavy atom. The fourth-order valence-corrected chi connectivity index (χ4v) is 3.46. The van der Waals surface area contributed by atoms with Gasteiger partial charge in [0.15, 0.2) is 4.80 Å². The molecule has 1 N–H and O–H groups in total. The normalized spacial score (nSPS) is 11.7. The number of para-hydroxylation sites is 1. The number of ether oxygens (including phenoxy) is 1. The highest BCUT2D eigenvalue weighted by Gasteiger charge is 2.22. The smallest absolute Gasteiger partial charge is 0.350 e. The minimum absolute atomic E-state index is 0.0960. The third kappa shape index (κ3) is 1.37. The molecule has 3 aromatic heterocycles. The van der Waals surface area contributed by atoms with Crippen molar-refractivity contribution in [2.45, 2.75) is 0 Å². The topological polar surface area (TPSA) is 88.9 Å². The molecule has 0 aliphatic carbocycles. The van der Waals surface area contributed by atoms with Gasteiger partial charge in [-0.2, -0.15) is 9.61 Å². The van der Waals surface area contributed by atoms with Crippen LogP contribution in [0.4, 0.5) is 0 Å². The van der Waals surface area contributed by atoms with Crippen LogP contribution in [0.25, 0.3) is 21.9 Å². The van der Waals surface area contributed by atoms with Gasteiger partial charge in [0.1, 0.15) is 15.9 Å². The molecule has 3 heterocycles. The maximum atomic E-state index is 12.6.